The number of hydrogen-bond acceptors (Lipinski definition) is 2. The number of nitrogens with zero attached hydrogens (tertiary/aromatic N) is 4. The number of rotatable bonds is 3. The van der Waals surface area contributed by atoms with Gasteiger partial charge in [0.05, 0.1) is 33.3 Å². The van der Waals surface area contributed by atoms with Crippen LogP contribution < -0.4 is 0 Å². The van der Waals surface area contributed by atoms with Crippen molar-refractivity contribution in [1.29, 1.82) is 0 Å². The van der Waals surface area contributed by atoms with Crippen LogP contribution in [0.3, 0.4) is 0 Å². The van der Waals surface area contributed by atoms with Crippen molar-refractivity contribution in [1.82, 2.24) is 19.1 Å². The minimum absolute atomic E-state index is 0.142. The van der Waals surface area contributed by atoms with E-state index in [1.54, 1.807) is 0 Å². The van der Waals surface area contributed by atoms with E-state index in [2.05, 4.69) is 217 Å². The number of hydrogen-bond donors (Lipinski definition) is 0. The van der Waals surface area contributed by atoms with Gasteiger partial charge in [-0.2, -0.15) is 0 Å². The van der Waals surface area contributed by atoms with E-state index in [1.165, 1.54) is 92.4 Å². The lowest BCUT2D eigenvalue weighted by atomic mass is 9.80. The molecule has 0 spiro atoms. The van der Waals surface area contributed by atoms with Crippen LogP contribution in [0.2, 0.25) is 0 Å². The minimum atomic E-state index is -0.142. The third-order valence-electron chi connectivity index (χ3n) is 14.8. The Morgan fingerprint density at radius 2 is 0.985 bits per heavy atom. The lowest BCUT2D eigenvalue weighted by Gasteiger charge is -2.23. The molecule has 3 heterocycles. The smallest absolute Gasteiger partial charge is 0.235 e. The fourth-order valence-corrected chi connectivity index (χ4v) is 12.0. The summed E-state index contributed by atoms with van der Waals surface area (Å²) in [5, 5.41) is 16.2. The lowest BCUT2D eigenvalue weighted by molar-refractivity contribution is 0.661. The SMILES string of the molecule is CC1(C)c2ccccc2-c2c1cc1c3cc4c(c5cccc(c6cccc2c61)c35)c1ccccc1n4-c1nc(-c2ccc3c(c2)c2ccccc2n3-c2ccccc2)c2ccccc2n1. The second-order valence-electron chi connectivity index (χ2n) is 18.5. The van der Waals surface area contributed by atoms with E-state index in [9.17, 15) is 0 Å². The summed E-state index contributed by atoms with van der Waals surface area (Å²) in [5.41, 5.74) is 13.9. The first-order chi connectivity index (χ1) is 32.0. The molecule has 65 heavy (non-hydrogen) atoms. The molecule has 0 bridgehead atoms. The summed E-state index contributed by atoms with van der Waals surface area (Å²) in [4.78, 5) is 11.1. The molecule has 0 N–H and O–H groups in total. The Hall–Kier alpha value is -8.34. The molecule has 0 unspecified atom stereocenters. The molecule has 3 aromatic heterocycles. The molecule has 1 aliphatic carbocycles. The van der Waals surface area contributed by atoms with Gasteiger partial charge in [0.25, 0.3) is 0 Å². The van der Waals surface area contributed by atoms with Crippen LogP contribution >= 0.6 is 0 Å². The summed E-state index contributed by atoms with van der Waals surface area (Å²) < 4.78 is 4.69. The standard InChI is InChI=1S/C61H38N4/c1-61(2)48-26-10-6-19-40(48)57-43-24-14-22-38-39-23-15-25-44-56(39)47(46(55(38)43)33-49(57)61)34-54-58(44)42-21-9-13-29-52(42)65(54)60-62-50-27-11-7-20-41(50)59(63-60)35-30-31-53-45(32-35)37-18-8-12-28-51(37)64(53)36-16-4-3-5-17-36/h3-34H,1-2H3. The largest absolute Gasteiger partial charge is 0.309 e. The van der Waals surface area contributed by atoms with Crippen molar-refractivity contribution in [3.63, 3.8) is 0 Å². The quantitative estimate of drug-likeness (QED) is 0.131. The van der Waals surface area contributed by atoms with Crippen molar-refractivity contribution in [3.05, 3.63) is 205 Å². The van der Waals surface area contributed by atoms with E-state index in [4.69, 9.17) is 9.97 Å². The average Bonchev–Trinajstić information content (AvgIpc) is 3.95. The zero-order valence-corrected chi connectivity index (χ0v) is 35.8. The minimum Gasteiger partial charge on any atom is -0.309 e. The second kappa shape index (κ2) is 12.4. The van der Waals surface area contributed by atoms with Crippen LogP contribution in [0.15, 0.2) is 194 Å². The van der Waals surface area contributed by atoms with Crippen LogP contribution in [0, 0.1) is 0 Å². The van der Waals surface area contributed by atoms with Crippen LogP contribution in [0.1, 0.15) is 25.0 Å². The maximum absolute atomic E-state index is 5.64. The Morgan fingerprint density at radius 1 is 0.369 bits per heavy atom. The maximum Gasteiger partial charge on any atom is 0.235 e. The van der Waals surface area contributed by atoms with Crippen LogP contribution in [0.25, 0.3) is 132 Å². The fourth-order valence-electron chi connectivity index (χ4n) is 12.0. The zero-order valence-electron chi connectivity index (χ0n) is 35.8. The Bertz CT molecular complexity index is 4380. The van der Waals surface area contributed by atoms with Gasteiger partial charge in [0, 0.05) is 43.6 Å². The van der Waals surface area contributed by atoms with Crippen LogP contribution in [0.5, 0.6) is 0 Å². The Balaban J connectivity index is 1.05. The van der Waals surface area contributed by atoms with Gasteiger partial charge in [-0.25, -0.2) is 9.97 Å². The highest BCUT2D eigenvalue weighted by molar-refractivity contribution is 6.39. The van der Waals surface area contributed by atoms with E-state index >= 15 is 0 Å². The van der Waals surface area contributed by atoms with E-state index in [-0.39, 0.29) is 5.41 Å². The normalized spacial score (nSPS) is 13.5. The molecule has 302 valence electrons. The third-order valence-corrected chi connectivity index (χ3v) is 14.8. The number of para-hydroxylation sites is 4. The van der Waals surface area contributed by atoms with Crippen LogP contribution in [0.4, 0.5) is 0 Å². The summed E-state index contributed by atoms with van der Waals surface area (Å²) in [5.74, 6) is 0.659. The molecule has 11 aromatic carbocycles. The van der Waals surface area contributed by atoms with E-state index < -0.39 is 0 Å². The van der Waals surface area contributed by atoms with Gasteiger partial charge in [0.15, 0.2) is 0 Å². The second-order valence-corrected chi connectivity index (χ2v) is 18.5. The van der Waals surface area contributed by atoms with Gasteiger partial charge in [-0.3, -0.25) is 4.57 Å². The molecule has 0 saturated carbocycles. The molecule has 0 aliphatic heterocycles. The van der Waals surface area contributed by atoms with E-state index in [0.29, 0.717) is 5.95 Å². The third kappa shape index (κ3) is 4.50. The topological polar surface area (TPSA) is 35.6 Å². The summed E-state index contributed by atoms with van der Waals surface area (Å²) in [6.45, 7) is 4.78. The predicted molar refractivity (Wildman–Crippen MR) is 272 cm³/mol. The fraction of sp³-hybridized carbons (Fsp3) is 0.0492. The monoisotopic (exact) mass is 826 g/mol. The number of fused-ring (bicyclic) bond motifs is 14. The molecule has 1 aliphatic rings. The van der Waals surface area contributed by atoms with E-state index in [0.717, 1.165) is 44.4 Å². The molecule has 0 radical (unpaired) electrons. The molecule has 0 amide bonds. The van der Waals surface area contributed by atoms with Crippen LogP contribution in [-0.2, 0) is 5.41 Å². The molecule has 0 saturated heterocycles. The highest BCUT2D eigenvalue weighted by atomic mass is 15.2. The van der Waals surface area contributed by atoms with Gasteiger partial charge in [0.1, 0.15) is 0 Å². The molecular formula is C61H38N4. The molecule has 4 heteroatoms. The molecule has 0 fully saturated rings. The first-order valence-electron chi connectivity index (χ1n) is 22.6. The Kier molecular flexibility index (Phi) is 6.72. The van der Waals surface area contributed by atoms with Crippen molar-refractivity contribution in [2.75, 3.05) is 0 Å². The first-order valence-corrected chi connectivity index (χ1v) is 22.6. The van der Waals surface area contributed by atoms with Crippen molar-refractivity contribution in [2.45, 2.75) is 19.3 Å². The highest BCUT2D eigenvalue weighted by Gasteiger charge is 2.37. The average molecular weight is 827 g/mol. The summed E-state index contributed by atoms with van der Waals surface area (Å²) in [7, 11) is 0. The first kappa shape index (κ1) is 35.2. The van der Waals surface area contributed by atoms with Crippen molar-refractivity contribution >= 4 is 97.6 Å². The molecule has 15 rings (SSSR count). The zero-order chi connectivity index (χ0) is 42.7. The van der Waals surface area contributed by atoms with Gasteiger partial charge in [-0.15, -0.1) is 0 Å². The summed E-state index contributed by atoms with van der Waals surface area (Å²) >= 11 is 0. The van der Waals surface area contributed by atoms with Gasteiger partial charge in [0.2, 0.25) is 5.95 Å². The molecular weight excluding hydrogens is 789 g/mol. The van der Waals surface area contributed by atoms with E-state index in [1.807, 2.05) is 0 Å². The maximum atomic E-state index is 5.64. The van der Waals surface area contributed by atoms with Gasteiger partial charge >= 0.3 is 0 Å². The Labute approximate surface area is 373 Å². The van der Waals surface area contributed by atoms with Gasteiger partial charge in [-0.05, 0) is 120 Å². The number of aromatic nitrogens is 4. The van der Waals surface area contributed by atoms with Crippen LogP contribution in [-0.4, -0.2) is 19.1 Å². The van der Waals surface area contributed by atoms with Crippen molar-refractivity contribution in [3.8, 4) is 34.0 Å². The highest BCUT2D eigenvalue weighted by Crippen LogP contribution is 2.55. The van der Waals surface area contributed by atoms with Gasteiger partial charge in [-0.1, -0.05) is 153 Å². The molecule has 0 atom stereocenters. The van der Waals surface area contributed by atoms with Gasteiger partial charge < -0.3 is 4.57 Å². The number of benzene rings is 11. The summed E-state index contributed by atoms with van der Waals surface area (Å²) in [6.07, 6.45) is 0. The molecule has 14 aromatic rings. The predicted octanol–water partition coefficient (Wildman–Crippen LogP) is 15.8. The Morgan fingerprint density at radius 3 is 1.82 bits per heavy atom. The molecule has 4 nitrogen and oxygen atoms in total. The summed E-state index contributed by atoms with van der Waals surface area (Å²) in [6, 6.07) is 71.3. The lowest BCUT2D eigenvalue weighted by Crippen LogP contribution is -2.14. The van der Waals surface area contributed by atoms with Crippen molar-refractivity contribution in [2.24, 2.45) is 0 Å². The van der Waals surface area contributed by atoms with Crippen molar-refractivity contribution < 1.29 is 0 Å².